The molecule has 0 fully saturated rings. The van der Waals surface area contributed by atoms with Gasteiger partial charge in [-0.25, -0.2) is 4.40 Å². The second kappa shape index (κ2) is 5.25. The molecular formula is C12H11NO2S2. The largest absolute Gasteiger partial charge is 0.266 e. The molecule has 0 saturated heterocycles. The smallest absolute Gasteiger partial charge is 0.212 e. The first kappa shape index (κ1) is 12.0. The first-order valence-corrected chi connectivity index (χ1v) is 7.78. The Hall–Kier alpha value is -1.46. The molecule has 88 valence electrons. The average molecular weight is 265 g/mol. The van der Waals surface area contributed by atoms with Gasteiger partial charge in [0.15, 0.2) is 0 Å². The number of benzene rings is 1. The molecular weight excluding hydrogens is 254 g/mol. The van der Waals surface area contributed by atoms with Gasteiger partial charge >= 0.3 is 0 Å². The highest BCUT2D eigenvalue weighted by molar-refractivity contribution is 8.33. The van der Waals surface area contributed by atoms with E-state index in [2.05, 4.69) is 11.0 Å². The van der Waals surface area contributed by atoms with Crippen molar-refractivity contribution < 1.29 is 8.42 Å². The fourth-order valence-electron chi connectivity index (χ4n) is 1.55. The summed E-state index contributed by atoms with van der Waals surface area (Å²) in [5.41, 5.74) is 1.88. The van der Waals surface area contributed by atoms with Crippen molar-refractivity contribution in [3.63, 3.8) is 0 Å². The van der Waals surface area contributed by atoms with Crippen LogP contribution < -0.4 is 0 Å². The molecule has 1 aliphatic rings. The van der Waals surface area contributed by atoms with Crippen LogP contribution in [-0.4, -0.2) is 14.6 Å². The van der Waals surface area contributed by atoms with Crippen LogP contribution in [0, 0.1) is 0 Å². The Morgan fingerprint density at radius 2 is 2.12 bits per heavy atom. The van der Waals surface area contributed by atoms with Gasteiger partial charge in [0.25, 0.3) is 9.26 Å². The lowest BCUT2D eigenvalue weighted by Crippen LogP contribution is -1.90. The molecule has 1 unspecified atom stereocenters. The Balaban J connectivity index is 2.69. The molecule has 1 aliphatic heterocycles. The second-order valence-electron chi connectivity index (χ2n) is 3.44. The summed E-state index contributed by atoms with van der Waals surface area (Å²) in [5.74, 6) is 0. The summed E-state index contributed by atoms with van der Waals surface area (Å²) < 4.78 is 26.5. The van der Waals surface area contributed by atoms with Gasteiger partial charge in [-0.15, -0.1) is 6.58 Å². The summed E-state index contributed by atoms with van der Waals surface area (Å²) in [4.78, 5) is 0.746. The highest BCUT2D eigenvalue weighted by Crippen LogP contribution is 2.22. The van der Waals surface area contributed by atoms with Crippen molar-refractivity contribution in [1.82, 2.24) is 0 Å². The van der Waals surface area contributed by atoms with E-state index in [1.54, 1.807) is 18.4 Å². The SMILES string of the molecule is C=CCC1=Cc2ccccc2S(=S(=O)=O)N=C1. The lowest BCUT2D eigenvalue weighted by molar-refractivity contribution is 0.628. The average Bonchev–Trinajstić information content (AvgIpc) is 2.48. The highest BCUT2D eigenvalue weighted by atomic mass is 32.9. The van der Waals surface area contributed by atoms with Gasteiger partial charge in [-0.1, -0.05) is 24.3 Å². The van der Waals surface area contributed by atoms with Crippen molar-refractivity contribution in [3.8, 4) is 0 Å². The van der Waals surface area contributed by atoms with Gasteiger partial charge in [0.05, 0.1) is 9.64 Å². The molecule has 0 bridgehead atoms. The highest BCUT2D eigenvalue weighted by Gasteiger charge is 2.10. The van der Waals surface area contributed by atoms with Gasteiger partial charge in [-0.3, -0.25) is 0 Å². The maximum Gasteiger partial charge on any atom is 0.266 e. The molecule has 0 amide bonds. The maximum absolute atomic E-state index is 11.2. The van der Waals surface area contributed by atoms with Crippen LogP contribution >= 0.6 is 0 Å². The summed E-state index contributed by atoms with van der Waals surface area (Å²) >= 11 is 0. The topological polar surface area (TPSA) is 46.5 Å². The third-order valence-electron chi connectivity index (χ3n) is 2.27. The number of fused-ring (bicyclic) bond motifs is 1. The van der Waals surface area contributed by atoms with E-state index in [9.17, 15) is 8.42 Å². The quantitative estimate of drug-likeness (QED) is 0.771. The fourth-order valence-corrected chi connectivity index (χ4v) is 3.88. The van der Waals surface area contributed by atoms with Crippen LogP contribution in [0.25, 0.3) is 6.08 Å². The molecule has 1 heterocycles. The zero-order chi connectivity index (χ0) is 12.3. The van der Waals surface area contributed by atoms with Gasteiger partial charge in [0.1, 0.15) is 0 Å². The molecule has 0 saturated carbocycles. The minimum Gasteiger partial charge on any atom is -0.212 e. The van der Waals surface area contributed by atoms with Crippen molar-refractivity contribution in [3.05, 3.63) is 48.1 Å². The number of rotatable bonds is 2. The predicted octanol–water partition coefficient (Wildman–Crippen LogP) is 2.42. The molecule has 0 spiro atoms. The second-order valence-corrected chi connectivity index (χ2v) is 6.76. The zero-order valence-corrected chi connectivity index (χ0v) is 10.7. The molecule has 0 aromatic heterocycles. The van der Waals surface area contributed by atoms with Crippen LogP contribution in [0.2, 0.25) is 0 Å². The Bertz CT molecular complexity index is 647. The summed E-state index contributed by atoms with van der Waals surface area (Å²) in [6.45, 7) is 3.67. The molecule has 5 heteroatoms. The van der Waals surface area contributed by atoms with E-state index in [4.69, 9.17) is 0 Å². The van der Waals surface area contributed by atoms with Gasteiger partial charge in [0, 0.05) is 11.1 Å². The van der Waals surface area contributed by atoms with E-state index in [-0.39, 0.29) is 0 Å². The molecule has 1 aromatic carbocycles. The first-order valence-electron chi connectivity index (χ1n) is 5.01. The van der Waals surface area contributed by atoms with Crippen molar-refractivity contribution in [2.45, 2.75) is 11.3 Å². The van der Waals surface area contributed by atoms with Crippen LogP contribution in [0.1, 0.15) is 12.0 Å². The molecule has 0 aliphatic carbocycles. The Morgan fingerprint density at radius 1 is 1.35 bits per heavy atom. The van der Waals surface area contributed by atoms with Gasteiger partial charge < -0.3 is 0 Å². The van der Waals surface area contributed by atoms with E-state index in [1.165, 1.54) is 0 Å². The van der Waals surface area contributed by atoms with Crippen molar-refractivity contribution in [2.75, 3.05) is 0 Å². The number of hydrogen-bond donors (Lipinski definition) is 0. The third kappa shape index (κ3) is 2.62. The standard InChI is InChI=1S/C12H11NO2S2/c1-2-5-10-8-11-6-3-4-7-12(11)16(13-9-10)17(14)15/h2-4,6-9H,1,5H2. The van der Waals surface area contributed by atoms with E-state index in [1.807, 2.05) is 24.3 Å². The molecule has 3 nitrogen and oxygen atoms in total. The molecule has 1 atom stereocenters. The van der Waals surface area contributed by atoms with Crippen LogP contribution in [0.15, 0.2) is 51.8 Å². The Labute approximate surface area is 103 Å². The molecule has 0 radical (unpaired) electrons. The lowest BCUT2D eigenvalue weighted by atomic mass is 10.1. The van der Waals surface area contributed by atoms with Crippen molar-refractivity contribution in [1.29, 1.82) is 0 Å². The molecule has 0 N–H and O–H groups in total. The number of allylic oxidation sites excluding steroid dienone is 2. The van der Waals surface area contributed by atoms with E-state index < -0.39 is 18.9 Å². The van der Waals surface area contributed by atoms with Gasteiger partial charge in [-0.05, 0) is 29.7 Å². The third-order valence-corrected chi connectivity index (χ3v) is 5.14. The van der Waals surface area contributed by atoms with E-state index >= 15 is 0 Å². The first-order chi connectivity index (χ1) is 8.22. The van der Waals surface area contributed by atoms with Crippen LogP contribution in [0.3, 0.4) is 0 Å². The Kier molecular flexibility index (Phi) is 3.71. The minimum atomic E-state index is -2.22. The summed E-state index contributed by atoms with van der Waals surface area (Å²) in [5, 5.41) is 0. The zero-order valence-electron chi connectivity index (χ0n) is 9.04. The summed E-state index contributed by atoms with van der Waals surface area (Å²) in [6.07, 6.45) is 6.04. The van der Waals surface area contributed by atoms with Crippen molar-refractivity contribution >= 4 is 31.2 Å². The van der Waals surface area contributed by atoms with Crippen LogP contribution in [0.5, 0.6) is 0 Å². The van der Waals surface area contributed by atoms with Crippen LogP contribution in [0.4, 0.5) is 0 Å². The fraction of sp³-hybridized carbons (Fsp3) is 0.0833. The molecule has 1 aromatic rings. The molecule has 17 heavy (non-hydrogen) atoms. The Morgan fingerprint density at radius 3 is 2.82 bits per heavy atom. The lowest BCUT2D eigenvalue weighted by Gasteiger charge is -2.01. The van der Waals surface area contributed by atoms with E-state index in [0.29, 0.717) is 6.42 Å². The number of hydrogen-bond acceptors (Lipinski definition) is 2. The normalized spacial score (nSPS) is 17.9. The van der Waals surface area contributed by atoms with Gasteiger partial charge in [-0.2, -0.15) is 8.42 Å². The predicted molar refractivity (Wildman–Crippen MR) is 72.3 cm³/mol. The minimum absolute atomic E-state index is 0.681. The van der Waals surface area contributed by atoms with Crippen molar-refractivity contribution in [2.24, 2.45) is 4.40 Å². The van der Waals surface area contributed by atoms with E-state index in [0.717, 1.165) is 16.0 Å². The van der Waals surface area contributed by atoms with Crippen LogP contribution in [-0.2, 0) is 18.9 Å². The number of nitrogens with zero attached hydrogens (tertiary/aromatic N) is 1. The monoisotopic (exact) mass is 265 g/mol. The maximum atomic E-state index is 11.2. The summed E-state index contributed by atoms with van der Waals surface area (Å²) in [7, 11) is -3.34. The summed E-state index contributed by atoms with van der Waals surface area (Å²) in [6, 6.07) is 7.42. The molecule has 2 rings (SSSR count). The van der Waals surface area contributed by atoms with Gasteiger partial charge in [0.2, 0.25) is 0 Å².